The highest BCUT2D eigenvalue weighted by Crippen LogP contribution is 2.43. The third-order valence-electron chi connectivity index (χ3n) is 6.80. The Morgan fingerprint density at radius 2 is 1.74 bits per heavy atom. The van der Waals surface area contributed by atoms with E-state index < -0.39 is 6.04 Å². The van der Waals surface area contributed by atoms with Crippen molar-refractivity contribution in [1.29, 1.82) is 0 Å². The lowest BCUT2D eigenvalue weighted by molar-refractivity contribution is -0.121. The molecule has 3 aliphatic rings. The van der Waals surface area contributed by atoms with Crippen molar-refractivity contribution in [1.82, 2.24) is 9.80 Å². The number of likely N-dealkylation sites (tertiary alicyclic amines) is 1. The van der Waals surface area contributed by atoms with Crippen LogP contribution in [0.3, 0.4) is 0 Å². The van der Waals surface area contributed by atoms with Crippen molar-refractivity contribution in [3.05, 3.63) is 77.9 Å². The number of fused-ring (bicyclic) bond motifs is 6. The van der Waals surface area contributed by atoms with Gasteiger partial charge in [0.1, 0.15) is 6.04 Å². The molecule has 3 heterocycles. The van der Waals surface area contributed by atoms with Crippen LogP contribution in [-0.2, 0) is 4.79 Å². The molecular formula is C25H21N3O3. The number of rotatable bonds is 2. The maximum absolute atomic E-state index is 13.5. The van der Waals surface area contributed by atoms with Gasteiger partial charge in [0, 0.05) is 17.5 Å². The van der Waals surface area contributed by atoms with E-state index in [2.05, 4.69) is 0 Å². The molecule has 0 saturated carbocycles. The van der Waals surface area contributed by atoms with Crippen LogP contribution in [0.25, 0.3) is 10.8 Å². The summed E-state index contributed by atoms with van der Waals surface area (Å²) in [6.45, 7) is 2.42. The summed E-state index contributed by atoms with van der Waals surface area (Å²) in [7, 11) is 0. The zero-order chi connectivity index (χ0) is 21.3. The fourth-order valence-corrected chi connectivity index (χ4v) is 5.46. The third kappa shape index (κ3) is 2.48. The Kier molecular flexibility index (Phi) is 3.75. The molecule has 0 aromatic heterocycles. The molecule has 0 unspecified atom stereocenters. The van der Waals surface area contributed by atoms with Crippen LogP contribution in [0.15, 0.2) is 66.7 Å². The number of piperazine rings is 1. The summed E-state index contributed by atoms with van der Waals surface area (Å²) < 4.78 is 0. The summed E-state index contributed by atoms with van der Waals surface area (Å²) in [6, 6.07) is 19.6. The van der Waals surface area contributed by atoms with Crippen LogP contribution >= 0.6 is 0 Å². The Bertz CT molecular complexity index is 1260. The molecule has 3 fully saturated rings. The minimum Gasteiger partial charge on any atom is -0.331 e. The number of aryl methyl sites for hydroxylation is 1. The molecule has 3 aromatic rings. The lowest BCUT2D eigenvalue weighted by Gasteiger charge is -2.35. The number of anilines is 1. The first-order chi connectivity index (χ1) is 15.0. The largest absolute Gasteiger partial charge is 0.332 e. The van der Waals surface area contributed by atoms with Crippen LogP contribution < -0.4 is 4.90 Å². The van der Waals surface area contributed by atoms with E-state index in [1.54, 1.807) is 9.80 Å². The molecule has 0 N–H and O–H groups in total. The monoisotopic (exact) mass is 411 g/mol. The number of urea groups is 1. The van der Waals surface area contributed by atoms with E-state index in [9.17, 15) is 14.4 Å². The van der Waals surface area contributed by atoms with Gasteiger partial charge >= 0.3 is 6.03 Å². The zero-order valence-corrected chi connectivity index (χ0v) is 17.1. The number of imide groups is 1. The topological polar surface area (TPSA) is 60.9 Å². The van der Waals surface area contributed by atoms with E-state index >= 15 is 0 Å². The van der Waals surface area contributed by atoms with Gasteiger partial charge in [-0.25, -0.2) is 9.69 Å². The maximum Gasteiger partial charge on any atom is 0.332 e. The maximum atomic E-state index is 13.5. The quantitative estimate of drug-likeness (QED) is 0.606. The number of amides is 4. The van der Waals surface area contributed by atoms with E-state index in [0.29, 0.717) is 24.2 Å². The fraction of sp³-hybridized carbons (Fsp3) is 0.240. The van der Waals surface area contributed by atoms with E-state index in [1.807, 2.05) is 73.7 Å². The van der Waals surface area contributed by atoms with Crippen LogP contribution in [0.2, 0.25) is 0 Å². The molecule has 6 heteroatoms. The molecule has 2 bridgehead atoms. The molecule has 0 aliphatic carbocycles. The highest BCUT2D eigenvalue weighted by Gasteiger charge is 2.63. The van der Waals surface area contributed by atoms with Gasteiger partial charge in [-0.05, 0) is 36.9 Å². The van der Waals surface area contributed by atoms with E-state index in [0.717, 1.165) is 16.3 Å². The molecule has 3 aromatic carbocycles. The van der Waals surface area contributed by atoms with Gasteiger partial charge in [-0.15, -0.1) is 0 Å². The molecule has 6 rings (SSSR count). The smallest absolute Gasteiger partial charge is 0.331 e. The molecule has 3 atom stereocenters. The summed E-state index contributed by atoms with van der Waals surface area (Å²) in [4.78, 5) is 44.9. The molecule has 6 nitrogen and oxygen atoms in total. The number of carbonyl (C=O) groups excluding carboxylic acids is 3. The minimum absolute atomic E-state index is 0.0697. The zero-order valence-electron chi connectivity index (χ0n) is 17.1. The Labute approximate surface area is 179 Å². The molecule has 0 spiro atoms. The second-order valence-corrected chi connectivity index (χ2v) is 8.59. The van der Waals surface area contributed by atoms with Gasteiger partial charge in [-0.3, -0.25) is 9.59 Å². The van der Waals surface area contributed by atoms with Crippen LogP contribution in [0.5, 0.6) is 0 Å². The van der Waals surface area contributed by atoms with Gasteiger partial charge < -0.3 is 9.80 Å². The predicted octanol–water partition coefficient (Wildman–Crippen LogP) is 3.58. The number of benzene rings is 3. The highest BCUT2D eigenvalue weighted by molar-refractivity contribution is 6.25. The Balaban J connectivity index is 1.36. The lowest BCUT2D eigenvalue weighted by Crippen LogP contribution is -2.54. The van der Waals surface area contributed by atoms with Crippen LogP contribution in [0.4, 0.5) is 10.5 Å². The average molecular weight is 411 g/mol. The van der Waals surface area contributed by atoms with E-state index in [1.165, 1.54) is 4.90 Å². The average Bonchev–Trinajstić information content (AvgIpc) is 3.44. The number of carbonyl (C=O) groups is 3. The fourth-order valence-electron chi connectivity index (χ4n) is 5.46. The first-order valence-corrected chi connectivity index (χ1v) is 10.6. The second kappa shape index (κ2) is 6.41. The van der Waals surface area contributed by atoms with Crippen molar-refractivity contribution in [3.63, 3.8) is 0 Å². The summed E-state index contributed by atoms with van der Waals surface area (Å²) in [6.07, 6.45) is 0.656. The highest BCUT2D eigenvalue weighted by atomic mass is 16.2. The van der Waals surface area contributed by atoms with E-state index in [4.69, 9.17) is 0 Å². The second-order valence-electron chi connectivity index (χ2n) is 8.59. The molecule has 31 heavy (non-hydrogen) atoms. The van der Waals surface area contributed by atoms with Gasteiger partial charge in [0.05, 0.1) is 17.8 Å². The summed E-state index contributed by atoms with van der Waals surface area (Å²) >= 11 is 0. The van der Waals surface area contributed by atoms with Crippen LogP contribution in [0.1, 0.15) is 22.3 Å². The predicted molar refractivity (Wildman–Crippen MR) is 117 cm³/mol. The lowest BCUT2D eigenvalue weighted by atomic mass is 10.1. The molecule has 3 saturated heterocycles. The summed E-state index contributed by atoms with van der Waals surface area (Å²) in [5.74, 6) is -0.310. The van der Waals surface area contributed by atoms with Crippen molar-refractivity contribution in [3.8, 4) is 0 Å². The summed E-state index contributed by atoms with van der Waals surface area (Å²) in [5.41, 5.74) is 2.26. The first-order valence-electron chi connectivity index (χ1n) is 10.6. The van der Waals surface area contributed by atoms with Gasteiger partial charge in [0.2, 0.25) is 0 Å². The Morgan fingerprint density at radius 3 is 2.58 bits per heavy atom. The van der Waals surface area contributed by atoms with Crippen molar-refractivity contribution in [2.45, 2.75) is 31.5 Å². The summed E-state index contributed by atoms with van der Waals surface area (Å²) in [5, 5.41) is 1.85. The van der Waals surface area contributed by atoms with Crippen molar-refractivity contribution in [2.75, 3.05) is 11.4 Å². The van der Waals surface area contributed by atoms with Crippen molar-refractivity contribution in [2.24, 2.45) is 0 Å². The van der Waals surface area contributed by atoms with Crippen molar-refractivity contribution < 1.29 is 14.4 Å². The van der Waals surface area contributed by atoms with Gasteiger partial charge in [-0.2, -0.15) is 0 Å². The standard InChI is InChI=1S/C25H21N3O3/c1-15-6-4-9-17(12-15)23(29)26-14-18-13-21(26)22-24(30)28(25(31)27(18)22)20-11-5-8-16-7-2-3-10-19(16)20/h2-12,18,21-22H,13-14H2,1H3/t18-,21-,22-/m0/s1. The minimum atomic E-state index is -0.612. The number of nitrogens with zero attached hydrogens (tertiary/aromatic N) is 3. The first kappa shape index (κ1) is 18.1. The normalized spacial score (nSPS) is 24.4. The van der Waals surface area contributed by atoms with Gasteiger partial charge in [-0.1, -0.05) is 54.1 Å². The molecule has 154 valence electrons. The SMILES string of the molecule is Cc1cccc(C(=O)N2C[C@@H]3C[C@H]2[C@H]2C(=O)N(c4cccc5ccccc45)C(=O)N32)c1. The van der Waals surface area contributed by atoms with E-state index in [-0.39, 0.29) is 29.9 Å². The number of hydrogen-bond acceptors (Lipinski definition) is 3. The van der Waals surface area contributed by atoms with Crippen LogP contribution in [0, 0.1) is 6.92 Å². The Morgan fingerprint density at radius 1 is 0.968 bits per heavy atom. The Hall–Kier alpha value is -3.67. The number of hydrogen-bond donors (Lipinski definition) is 0. The van der Waals surface area contributed by atoms with Gasteiger partial charge in [0.15, 0.2) is 0 Å². The molecular weight excluding hydrogens is 390 g/mol. The van der Waals surface area contributed by atoms with Gasteiger partial charge in [0.25, 0.3) is 11.8 Å². The molecule has 4 amide bonds. The molecule has 3 aliphatic heterocycles. The molecule has 0 radical (unpaired) electrons. The van der Waals surface area contributed by atoms with Crippen molar-refractivity contribution >= 4 is 34.3 Å². The third-order valence-corrected chi connectivity index (χ3v) is 6.80. The van der Waals surface area contributed by atoms with Crippen LogP contribution in [-0.4, -0.2) is 52.3 Å².